The summed E-state index contributed by atoms with van der Waals surface area (Å²) in [5, 5.41) is 48.5. The molecule has 2 aromatic heterocycles. The van der Waals surface area contributed by atoms with E-state index in [1.54, 1.807) is 10.6 Å². The Balaban J connectivity index is 1.09. The molecule has 3 atom stereocenters. The van der Waals surface area contributed by atoms with Crippen LogP contribution < -0.4 is 26.0 Å². The number of carbonyl (C=O) groups is 6. The van der Waals surface area contributed by atoms with Crippen LogP contribution >= 0.6 is 0 Å². The number of imidazole rings is 1. The third-order valence-electron chi connectivity index (χ3n) is 10.3. The summed E-state index contributed by atoms with van der Waals surface area (Å²) < 4.78 is 12.5. The lowest BCUT2D eigenvalue weighted by atomic mass is 10.1. The Morgan fingerprint density at radius 3 is 1.97 bits per heavy atom. The first-order chi connectivity index (χ1) is 31.8. The Morgan fingerprint density at radius 2 is 1.30 bits per heavy atom. The maximum atomic E-state index is 13.1. The lowest BCUT2D eigenvalue weighted by Gasteiger charge is -2.24. The Hall–Kier alpha value is -7.38. The molecule has 0 spiro atoms. The number of amides is 4. The van der Waals surface area contributed by atoms with E-state index in [1.807, 2.05) is 84.9 Å². The summed E-state index contributed by atoms with van der Waals surface area (Å²) >= 11 is 0. The number of carboxylic acids is 2. The number of aromatic nitrogens is 3. The van der Waals surface area contributed by atoms with Crippen LogP contribution in [0, 0.1) is 0 Å². The second-order valence-corrected chi connectivity index (χ2v) is 15.5. The molecule has 3 aromatic carbocycles. The lowest BCUT2D eigenvalue weighted by Crippen LogP contribution is -2.57. The minimum absolute atomic E-state index is 0.0335. The second kappa shape index (κ2) is 25.2. The fourth-order valence-electron chi connectivity index (χ4n) is 7.05. The van der Waals surface area contributed by atoms with E-state index in [0.717, 1.165) is 35.7 Å². The van der Waals surface area contributed by atoms with Crippen LogP contribution in [-0.4, -0.2) is 115 Å². The summed E-state index contributed by atoms with van der Waals surface area (Å²) in [5.74, 6) is -5.67. The largest absolute Gasteiger partial charge is 0.494 e. The minimum atomic E-state index is -1.73. The molecule has 0 radical (unpaired) electrons. The van der Waals surface area contributed by atoms with E-state index in [0.29, 0.717) is 61.5 Å². The number of rotatable bonds is 27. The third-order valence-corrected chi connectivity index (χ3v) is 10.3. The van der Waals surface area contributed by atoms with Crippen molar-refractivity contribution >= 4 is 41.2 Å². The van der Waals surface area contributed by atoms with Gasteiger partial charge in [-0.05, 0) is 36.1 Å². The number of benzene rings is 3. The molecule has 0 aliphatic carbocycles. The van der Waals surface area contributed by atoms with Gasteiger partial charge in [-0.1, -0.05) is 85.6 Å². The van der Waals surface area contributed by atoms with Crippen LogP contribution in [0.1, 0.15) is 74.4 Å². The first-order valence-electron chi connectivity index (χ1n) is 21.5. The first kappa shape index (κ1) is 49.6. The van der Waals surface area contributed by atoms with Crippen molar-refractivity contribution in [3.63, 3.8) is 0 Å². The van der Waals surface area contributed by atoms with Gasteiger partial charge in [-0.2, -0.15) is 0 Å². The molecule has 4 amide bonds. The van der Waals surface area contributed by atoms with Gasteiger partial charge in [-0.15, -0.1) is 0 Å². The highest BCUT2D eigenvalue weighted by Crippen LogP contribution is 2.29. The molecule has 0 saturated carbocycles. The van der Waals surface area contributed by atoms with E-state index in [2.05, 4.69) is 21.3 Å². The molecule has 0 aliphatic heterocycles. The molecular formula is C47H55N7O12. The van der Waals surface area contributed by atoms with E-state index >= 15 is 0 Å². The van der Waals surface area contributed by atoms with Crippen LogP contribution in [0.25, 0.3) is 16.9 Å². The molecule has 8 N–H and O–H groups in total. The fourth-order valence-corrected chi connectivity index (χ4v) is 7.05. The van der Waals surface area contributed by atoms with Crippen molar-refractivity contribution in [2.75, 3.05) is 26.6 Å². The van der Waals surface area contributed by atoms with Crippen molar-refractivity contribution < 1.29 is 58.7 Å². The van der Waals surface area contributed by atoms with E-state index in [-0.39, 0.29) is 25.5 Å². The van der Waals surface area contributed by atoms with Crippen molar-refractivity contribution in [2.24, 2.45) is 0 Å². The van der Waals surface area contributed by atoms with E-state index < -0.39 is 73.3 Å². The zero-order valence-corrected chi connectivity index (χ0v) is 36.5. The second-order valence-electron chi connectivity index (χ2n) is 15.5. The SMILES string of the molecule is CC(=O)N[C@@H](CCOCO)C(=O)N[C@@H](CC(=O)O)C(=O)N[C@@H](CC(=O)O)C(=O)NCCCCCCOc1cccc(Cc2nc3c(Cc4ccccc4)nc(-c4ccccc4)cn3c2O)c1. The van der Waals surface area contributed by atoms with Gasteiger partial charge in [-0.3, -0.25) is 33.2 Å². The highest BCUT2D eigenvalue weighted by molar-refractivity contribution is 5.96. The molecule has 2 heterocycles. The summed E-state index contributed by atoms with van der Waals surface area (Å²) in [6, 6.07) is 22.7. The van der Waals surface area contributed by atoms with Gasteiger partial charge in [0.25, 0.3) is 0 Å². The Labute approximate surface area is 380 Å². The van der Waals surface area contributed by atoms with Gasteiger partial charge >= 0.3 is 11.9 Å². The van der Waals surface area contributed by atoms with Gasteiger partial charge in [-0.25, -0.2) is 9.97 Å². The lowest BCUT2D eigenvalue weighted by molar-refractivity contribution is -0.143. The average Bonchev–Trinajstić information content (AvgIpc) is 3.60. The normalized spacial score (nSPS) is 12.4. The van der Waals surface area contributed by atoms with Crippen LogP contribution in [0.2, 0.25) is 0 Å². The molecule has 0 aliphatic rings. The zero-order valence-electron chi connectivity index (χ0n) is 36.5. The van der Waals surface area contributed by atoms with Crippen LogP contribution in [0.4, 0.5) is 0 Å². The summed E-state index contributed by atoms with van der Waals surface area (Å²) in [7, 11) is 0. The third kappa shape index (κ3) is 15.4. The number of aliphatic carboxylic acids is 2. The quantitative estimate of drug-likeness (QED) is 0.0278. The Bertz CT molecular complexity index is 2430. The molecular weight excluding hydrogens is 855 g/mol. The Kier molecular flexibility index (Phi) is 18.9. The Morgan fingerprint density at radius 1 is 0.682 bits per heavy atom. The van der Waals surface area contributed by atoms with Crippen molar-refractivity contribution in [1.29, 1.82) is 0 Å². The summed E-state index contributed by atoms with van der Waals surface area (Å²) in [6.07, 6.45) is 3.47. The summed E-state index contributed by atoms with van der Waals surface area (Å²) in [4.78, 5) is 83.6. The number of fused-ring (bicyclic) bond motifs is 1. The van der Waals surface area contributed by atoms with Crippen LogP contribution in [0.5, 0.6) is 11.6 Å². The highest BCUT2D eigenvalue weighted by Gasteiger charge is 2.32. The molecule has 0 fully saturated rings. The van der Waals surface area contributed by atoms with Gasteiger partial charge in [0.05, 0.1) is 37.4 Å². The van der Waals surface area contributed by atoms with Crippen LogP contribution in [-0.2, 0) is 46.3 Å². The van der Waals surface area contributed by atoms with E-state index in [1.165, 1.54) is 0 Å². The molecule has 0 bridgehead atoms. The summed E-state index contributed by atoms with van der Waals surface area (Å²) in [5.41, 5.74) is 5.40. The predicted molar refractivity (Wildman–Crippen MR) is 239 cm³/mol. The molecule has 5 aromatic rings. The van der Waals surface area contributed by atoms with Gasteiger partial charge in [0.15, 0.2) is 5.65 Å². The van der Waals surface area contributed by atoms with Gasteiger partial charge in [0.2, 0.25) is 29.5 Å². The minimum Gasteiger partial charge on any atom is -0.494 e. The van der Waals surface area contributed by atoms with Crippen molar-refractivity contribution in [3.05, 3.63) is 114 Å². The number of carboxylic acid groups (broad SMARTS) is 2. The number of nitrogens with one attached hydrogen (secondary N) is 4. The standard InChI is InChI=1S/C47H55N7O12/c1-30(56)49-35(19-22-65-29-55)45(62)53-38(27-42(59)60)46(63)52-37(26-41(57)58)44(61)48-20-10-2-3-11-21-66-34-18-12-15-32(23-34)25-39-47(64)54-28-40(33-16-8-5-9-17-33)50-36(43(54)51-39)24-31-13-6-4-7-14-31/h4-9,12-18,23,28,35,37-38,55,64H,2-3,10-11,19-22,24-27,29H2,1H3,(H,48,61)(H,49,56)(H,52,63)(H,53,62)(H,57,58)(H,59,60)/t35-,37-,38-/m0/s1. The van der Waals surface area contributed by atoms with Crippen LogP contribution in [0.3, 0.4) is 0 Å². The van der Waals surface area contributed by atoms with Crippen LogP contribution in [0.15, 0.2) is 91.1 Å². The molecule has 19 heteroatoms. The first-order valence-corrected chi connectivity index (χ1v) is 21.5. The zero-order chi connectivity index (χ0) is 47.4. The number of aliphatic hydroxyl groups is 1. The number of nitrogens with zero attached hydrogens (tertiary/aromatic N) is 3. The maximum Gasteiger partial charge on any atom is 0.305 e. The number of unbranched alkanes of at least 4 members (excludes halogenated alkanes) is 3. The number of hydrogen-bond acceptors (Lipinski definition) is 12. The molecule has 350 valence electrons. The number of aromatic hydroxyl groups is 1. The molecule has 5 rings (SSSR count). The molecule has 0 saturated heterocycles. The van der Waals surface area contributed by atoms with E-state index in [9.17, 15) is 44.1 Å². The monoisotopic (exact) mass is 909 g/mol. The fraction of sp³-hybridized carbons (Fsp3) is 0.362. The van der Waals surface area contributed by atoms with Gasteiger partial charge in [0, 0.05) is 44.5 Å². The number of aliphatic hydroxyl groups excluding tert-OH is 1. The highest BCUT2D eigenvalue weighted by atomic mass is 16.6. The molecule has 66 heavy (non-hydrogen) atoms. The number of carbonyl (C=O) groups excluding carboxylic acids is 4. The van der Waals surface area contributed by atoms with Gasteiger partial charge < -0.3 is 51.2 Å². The van der Waals surface area contributed by atoms with Crippen molar-refractivity contribution in [1.82, 2.24) is 35.6 Å². The average molecular weight is 910 g/mol. The smallest absolute Gasteiger partial charge is 0.305 e. The maximum absolute atomic E-state index is 13.1. The van der Waals surface area contributed by atoms with Gasteiger partial charge in [0.1, 0.15) is 36.4 Å². The number of ether oxygens (including phenoxy) is 2. The topological polar surface area (TPSA) is 280 Å². The van der Waals surface area contributed by atoms with E-state index in [4.69, 9.17) is 24.5 Å². The van der Waals surface area contributed by atoms with Crippen molar-refractivity contribution in [3.8, 4) is 22.9 Å². The summed E-state index contributed by atoms with van der Waals surface area (Å²) in [6.45, 7) is 0.910. The number of hydrogen-bond donors (Lipinski definition) is 8. The molecule has 19 nitrogen and oxygen atoms in total. The van der Waals surface area contributed by atoms with Crippen molar-refractivity contribution in [2.45, 2.75) is 82.8 Å². The molecule has 0 unspecified atom stereocenters. The predicted octanol–water partition coefficient (Wildman–Crippen LogP) is 3.12.